The number of ether oxygens (including phenoxy) is 3. The first kappa shape index (κ1) is 24.5. The van der Waals surface area contributed by atoms with Crippen LogP contribution in [0.4, 0.5) is 0 Å². The van der Waals surface area contributed by atoms with Crippen LogP contribution in [0.5, 0.6) is 17.2 Å². The van der Waals surface area contributed by atoms with E-state index < -0.39 is 0 Å². The highest BCUT2D eigenvalue weighted by molar-refractivity contribution is 5.45. The summed E-state index contributed by atoms with van der Waals surface area (Å²) in [6.45, 7) is 1.15. The molecule has 4 heteroatoms. The third-order valence-corrected chi connectivity index (χ3v) is 6.86. The van der Waals surface area contributed by atoms with Crippen molar-refractivity contribution in [2.45, 2.75) is 44.3 Å². The number of hydrogen-bond donors (Lipinski definition) is 0. The molecule has 4 nitrogen and oxygen atoms in total. The minimum atomic E-state index is -0.274. The van der Waals surface area contributed by atoms with Gasteiger partial charge in [-0.05, 0) is 79.3 Å². The van der Waals surface area contributed by atoms with Gasteiger partial charge < -0.3 is 14.2 Å². The van der Waals surface area contributed by atoms with Crippen LogP contribution in [0, 0.1) is 11.3 Å². The third kappa shape index (κ3) is 6.51. The van der Waals surface area contributed by atoms with Gasteiger partial charge in [0.15, 0.2) is 0 Å². The van der Waals surface area contributed by atoms with Crippen LogP contribution in [0.1, 0.15) is 41.5 Å². The monoisotopic (exact) mass is 489 g/mol. The third-order valence-electron chi connectivity index (χ3n) is 6.86. The van der Waals surface area contributed by atoms with Crippen molar-refractivity contribution in [2.24, 2.45) is 0 Å². The SMILES string of the molecule is N#Cc1ccc(OCCCC2(CCc3ccccc3)Cc3cc(OCc4ccccc4)ccc3O2)cc1. The molecule has 0 fully saturated rings. The molecule has 0 N–H and O–H groups in total. The van der Waals surface area contributed by atoms with Crippen LogP contribution in [-0.4, -0.2) is 12.2 Å². The number of aryl methyl sites for hydroxylation is 1. The van der Waals surface area contributed by atoms with Crippen LogP contribution in [0.3, 0.4) is 0 Å². The van der Waals surface area contributed by atoms with E-state index in [2.05, 4.69) is 54.6 Å². The topological polar surface area (TPSA) is 51.5 Å². The summed E-state index contributed by atoms with van der Waals surface area (Å²) < 4.78 is 18.7. The lowest BCUT2D eigenvalue weighted by atomic mass is 9.86. The Kier molecular flexibility index (Phi) is 7.72. The van der Waals surface area contributed by atoms with E-state index in [1.54, 1.807) is 12.1 Å². The lowest BCUT2D eigenvalue weighted by Crippen LogP contribution is -2.35. The molecular weight excluding hydrogens is 458 g/mol. The van der Waals surface area contributed by atoms with Gasteiger partial charge in [-0.1, -0.05) is 60.7 Å². The largest absolute Gasteiger partial charge is 0.494 e. The maximum absolute atomic E-state index is 8.99. The summed E-state index contributed by atoms with van der Waals surface area (Å²) in [4.78, 5) is 0. The van der Waals surface area contributed by atoms with Crippen LogP contribution >= 0.6 is 0 Å². The van der Waals surface area contributed by atoms with E-state index in [-0.39, 0.29) is 5.60 Å². The van der Waals surface area contributed by atoms with Crippen molar-refractivity contribution in [3.05, 3.63) is 125 Å². The molecule has 0 spiro atoms. The summed E-state index contributed by atoms with van der Waals surface area (Å²) in [6, 6.07) is 36.4. The minimum Gasteiger partial charge on any atom is -0.494 e. The number of benzene rings is 4. The standard InChI is InChI=1S/C33H31NO3/c34-24-27-12-14-30(15-13-27)35-21-7-19-33(20-18-26-8-3-1-4-9-26)23-29-22-31(16-17-32(29)37-33)36-25-28-10-5-2-6-11-28/h1-6,8-17,22H,7,18-21,23,25H2. The maximum Gasteiger partial charge on any atom is 0.123 e. The molecule has 186 valence electrons. The van der Waals surface area contributed by atoms with E-state index in [4.69, 9.17) is 19.5 Å². The van der Waals surface area contributed by atoms with E-state index in [1.807, 2.05) is 42.5 Å². The predicted octanol–water partition coefficient (Wildman–Crippen LogP) is 7.30. The van der Waals surface area contributed by atoms with Crippen LogP contribution < -0.4 is 14.2 Å². The zero-order chi connectivity index (χ0) is 25.3. The first-order chi connectivity index (χ1) is 18.2. The Bertz CT molecular complexity index is 1330. The van der Waals surface area contributed by atoms with E-state index in [0.717, 1.165) is 54.9 Å². The fraction of sp³-hybridized carbons (Fsp3) is 0.242. The van der Waals surface area contributed by atoms with Gasteiger partial charge in [0.2, 0.25) is 0 Å². The van der Waals surface area contributed by atoms with Gasteiger partial charge in [0.05, 0.1) is 18.2 Å². The molecule has 37 heavy (non-hydrogen) atoms. The Hall–Kier alpha value is -4.23. The first-order valence-corrected chi connectivity index (χ1v) is 12.9. The number of hydrogen-bond acceptors (Lipinski definition) is 4. The molecule has 4 aromatic rings. The van der Waals surface area contributed by atoms with Crippen molar-refractivity contribution in [1.82, 2.24) is 0 Å². The highest BCUT2D eigenvalue weighted by Gasteiger charge is 2.38. The molecule has 0 saturated carbocycles. The Morgan fingerprint density at radius 2 is 1.46 bits per heavy atom. The Morgan fingerprint density at radius 1 is 0.757 bits per heavy atom. The number of fused-ring (bicyclic) bond motifs is 1. The Morgan fingerprint density at radius 3 is 2.19 bits per heavy atom. The highest BCUT2D eigenvalue weighted by atomic mass is 16.5. The van der Waals surface area contributed by atoms with E-state index in [0.29, 0.717) is 18.8 Å². The zero-order valence-electron chi connectivity index (χ0n) is 20.9. The maximum atomic E-state index is 8.99. The fourth-order valence-corrected chi connectivity index (χ4v) is 4.87. The van der Waals surface area contributed by atoms with Crippen molar-refractivity contribution < 1.29 is 14.2 Å². The lowest BCUT2D eigenvalue weighted by Gasteiger charge is -2.29. The molecule has 0 saturated heterocycles. The summed E-state index contributed by atoms with van der Waals surface area (Å²) in [7, 11) is 0. The highest BCUT2D eigenvalue weighted by Crippen LogP contribution is 2.42. The van der Waals surface area contributed by atoms with E-state index in [1.165, 1.54) is 11.1 Å². The van der Waals surface area contributed by atoms with Gasteiger partial charge in [-0.2, -0.15) is 5.26 Å². The van der Waals surface area contributed by atoms with E-state index >= 15 is 0 Å². The average molecular weight is 490 g/mol. The van der Waals surface area contributed by atoms with Crippen LogP contribution in [0.2, 0.25) is 0 Å². The molecule has 0 bridgehead atoms. The molecule has 1 unspecified atom stereocenters. The van der Waals surface area contributed by atoms with Gasteiger partial charge in [-0.3, -0.25) is 0 Å². The molecule has 0 aliphatic carbocycles. The molecule has 1 atom stereocenters. The Labute approximate surface area is 219 Å². The van der Waals surface area contributed by atoms with Crippen molar-refractivity contribution in [3.8, 4) is 23.3 Å². The number of nitriles is 1. The second-order valence-electron chi connectivity index (χ2n) is 9.58. The quantitative estimate of drug-likeness (QED) is 0.207. The van der Waals surface area contributed by atoms with Gasteiger partial charge in [0, 0.05) is 12.0 Å². The molecule has 0 aromatic heterocycles. The second-order valence-corrected chi connectivity index (χ2v) is 9.58. The summed E-state index contributed by atoms with van der Waals surface area (Å²) in [5.41, 5.74) is 4.04. The summed E-state index contributed by atoms with van der Waals surface area (Å²) in [5, 5.41) is 8.99. The predicted molar refractivity (Wildman–Crippen MR) is 145 cm³/mol. The summed E-state index contributed by atoms with van der Waals surface area (Å²) >= 11 is 0. The summed E-state index contributed by atoms with van der Waals surface area (Å²) in [5.74, 6) is 2.61. The van der Waals surface area contributed by atoms with Crippen molar-refractivity contribution in [3.63, 3.8) is 0 Å². The normalized spacial score (nSPS) is 15.9. The number of nitrogens with zero attached hydrogens (tertiary/aromatic N) is 1. The molecule has 0 radical (unpaired) electrons. The smallest absolute Gasteiger partial charge is 0.123 e. The van der Waals surface area contributed by atoms with Gasteiger partial charge in [-0.15, -0.1) is 0 Å². The van der Waals surface area contributed by atoms with Crippen LogP contribution in [-0.2, 0) is 19.4 Å². The van der Waals surface area contributed by atoms with Gasteiger partial charge in [-0.25, -0.2) is 0 Å². The van der Waals surface area contributed by atoms with Crippen molar-refractivity contribution in [1.29, 1.82) is 5.26 Å². The molecule has 1 heterocycles. The van der Waals surface area contributed by atoms with Gasteiger partial charge >= 0.3 is 0 Å². The molecule has 4 aromatic carbocycles. The molecule has 1 aliphatic heterocycles. The van der Waals surface area contributed by atoms with Crippen LogP contribution in [0.15, 0.2) is 103 Å². The van der Waals surface area contributed by atoms with E-state index in [9.17, 15) is 0 Å². The second kappa shape index (κ2) is 11.7. The van der Waals surface area contributed by atoms with Crippen LogP contribution in [0.25, 0.3) is 0 Å². The molecule has 1 aliphatic rings. The van der Waals surface area contributed by atoms with Gasteiger partial charge in [0.25, 0.3) is 0 Å². The minimum absolute atomic E-state index is 0.274. The number of rotatable bonds is 11. The Balaban J connectivity index is 1.23. The zero-order valence-corrected chi connectivity index (χ0v) is 20.9. The lowest BCUT2D eigenvalue weighted by molar-refractivity contribution is 0.0678. The summed E-state index contributed by atoms with van der Waals surface area (Å²) in [6.07, 6.45) is 4.52. The van der Waals surface area contributed by atoms with Crippen molar-refractivity contribution >= 4 is 0 Å². The molecule has 5 rings (SSSR count). The van der Waals surface area contributed by atoms with Gasteiger partial charge in [0.1, 0.15) is 29.5 Å². The molecular formula is C33H31NO3. The first-order valence-electron chi connectivity index (χ1n) is 12.9. The molecule has 0 amide bonds. The average Bonchev–Trinajstić information content (AvgIpc) is 3.32. The van der Waals surface area contributed by atoms with Crippen molar-refractivity contribution in [2.75, 3.05) is 6.61 Å². The fourth-order valence-electron chi connectivity index (χ4n) is 4.87.